The number of methoxy groups -OCH3 is 1. The maximum Gasteiger partial charge on any atom is 0.165 e. The summed E-state index contributed by atoms with van der Waals surface area (Å²) in [4.78, 5) is 2.36. The van der Waals surface area contributed by atoms with E-state index in [2.05, 4.69) is 17.0 Å². The van der Waals surface area contributed by atoms with Crippen LogP contribution in [0.25, 0.3) is 0 Å². The molecule has 0 aliphatic carbocycles. The first kappa shape index (κ1) is 16.9. The van der Waals surface area contributed by atoms with Crippen LogP contribution in [0.5, 0.6) is 5.75 Å². The zero-order chi connectivity index (χ0) is 17.1. The number of hydrogen-bond donors (Lipinski definition) is 1. The molecule has 24 heavy (non-hydrogen) atoms. The molecule has 0 radical (unpaired) electrons. The van der Waals surface area contributed by atoms with Crippen molar-refractivity contribution in [3.63, 3.8) is 0 Å². The van der Waals surface area contributed by atoms with Crippen molar-refractivity contribution < 1.29 is 18.8 Å². The number of ether oxygens (including phenoxy) is 1. The maximum atomic E-state index is 13.7. The molecule has 1 aliphatic heterocycles. The van der Waals surface area contributed by atoms with E-state index in [9.17, 15) is 4.39 Å². The third-order valence-corrected chi connectivity index (χ3v) is 4.48. The van der Waals surface area contributed by atoms with Crippen molar-refractivity contribution >= 4 is 0 Å². The Morgan fingerprint density at radius 2 is 2.21 bits per heavy atom. The second-order valence-corrected chi connectivity index (χ2v) is 6.57. The fourth-order valence-electron chi connectivity index (χ4n) is 3.25. The number of benzene rings is 1. The molecule has 1 aromatic heterocycles. The number of halogens is 1. The Hall–Kier alpha value is -1.92. The first-order valence-corrected chi connectivity index (χ1v) is 8.20. The smallest absolute Gasteiger partial charge is 0.165 e. The number of nitrogens with zero attached hydrogens (tertiary/aromatic N) is 2. The summed E-state index contributed by atoms with van der Waals surface area (Å²) in [5.41, 5.74) is 1.90. The van der Waals surface area contributed by atoms with Gasteiger partial charge in [0.2, 0.25) is 0 Å². The Bertz CT molecular complexity index is 683. The van der Waals surface area contributed by atoms with Crippen molar-refractivity contribution in [2.75, 3.05) is 26.7 Å². The monoisotopic (exact) mass is 334 g/mol. The molecule has 2 aromatic rings. The van der Waals surface area contributed by atoms with Gasteiger partial charge in [-0.3, -0.25) is 0 Å². The predicted molar refractivity (Wildman–Crippen MR) is 87.4 cm³/mol. The van der Waals surface area contributed by atoms with Crippen molar-refractivity contribution in [3.8, 4) is 5.75 Å². The van der Waals surface area contributed by atoms with Crippen molar-refractivity contribution in [1.29, 1.82) is 0 Å². The van der Waals surface area contributed by atoms with Gasteiger partial charge in [-0.1, -0.05) is 18.1 Å². The van der Waals surface area contributed by atoms with Gasteiger partial charge in [-0.05, 0) is 30.0 Å². The summed E-state index contributed by atoms with van der Waals surface area (Å²) < 4.78 is 23.7. The van der Waals surface area contributed by atoms with Crippen LogP contribution in [0, 0.1) is 11.7 Å². The van der Waals surface area contributed by atoms with Crippen LogP contribution in [0.4, 0.5) is 4.39 Å². The van der Waals surface area contributed by atoms with Gasteiger partial charge in [0.15, 0.2) is 17.3 Å². The van der Waals surface area contributed by atoms with E-state index in [1.165, 1.54) is 7.11 Å². The number of rotatable bonds is 7. The maximum absolute atomic E-state index is 13.7. The number of aliphatic hydroxyl groups excluding tert-OH is 1. The van der Waals surface area contributed by atoms with Crippen LogP contribution in [0.1, 0.15) is 29.9 Å². The normalized spacial score (nSPS) is 16.8. The molecule has 0 amide bonds. The lowest BCUT2D eigenvalue weighted by atomic mass is 9.93. The highest BCUT2D eigenvalue weighted by molar-refractivity contribution is 5.29. The molecule has 0 saturated carbocycles. The third kappa shape index (κ3) is 3.76. The largest absolute Gasteiger partial charge is 0.494 e. The van der Waals surface area contributed by atoms with E-state index >= 15 is 0 Å². The lowest BCUT2D eigenvalue weighted by Gasteiger charge is -2.39. The number of aliphatic hydroxyl groups is 1. The number of aromatic nitrogens is 1. The van der Waals surface area contributed by atoms with E-state index in [-0.39, 0.29) is 18.2 Å². The van der Waals surface area contributed by atoms with E-state index in [1.54, 1.807) is 12.1 Å². The third-order valence-electron chi connectivity index (χ3n) is 4.48. The van der Waals surface area contributed by atoms with Gasteiger partial charge in [0.05, 0.1) is 12.8 Å². The molecule has 1 saturated heterocycles. The van der Waals surface area contributed by atoms with E-state index in [4.69, 9.17) is 14.4 Å². The summed E-state index contributed by atoms with van der Waals surface area (Å²) in [6.45, 7) is 4.92. The Morgan fingerprint density at radius 3 is 2.83 bits per heavy atom. The predicted octanol–water partition coefficient (Wildman–Crippen LogP) is 2.59. The van der Waals surface area contributed by atoms with Crippen LogP contribution in [0.3, 0.4) is 0 Å². The summed E-state index contributed by atoms with van der Waals surface area (Å²) >= 11 is 0. The number of hydrogen-bond acceptors (Lipinski definition) is 5. The average molecular weight is 334 g/mol. The zero-order valence-electron chi connectivity index (χ0n) is 14.0. The van der Waals surface area contributed by atoms with E-state index in [1.807, 2.05) is 12.1 Å². The van der Waals surface area contributed by atoms with Crippen LogP contribution in [0.2, 0.25) is 0 Å². The lowest BCUT2D eigenvalue weighted by Crippen LogP contribution is -2.47. The van der Waals surface area contributed by atoms with Gasteiger partial charge in [-0.2, -0.15) is 0 Å². The van der Waals surface area contributed by atoms with Crippen LogP contribution >= 0.6 is 0 Å². The van der Waals surface area contributed by atoms with Crippen LogP contribution in [0.15, 0.2) is 28.8 Å². The van der Waals surface area contributed by atoms with Gasteiger partial charge in [0, 0.05) is 31.6 Å². The highest BCUT2D eigenvalue weighted by Crippen LogP contribution is 2.28. The molecule has 5 nitrogen and oxygen atoms in total. The molecular weight excluding hydrogens is 311 g/mol. The Balaban J connectivity index is 1.46. The fraction of sp³-hybridized carbons (Fsp3) is 0.500. The van der Waals surface area contributed by atoms with Gasteiger partial charge in [0.25, 0.3) is 0 Å². The SMILES string of the molecule is COc1ccc(CC(C)CN2CC(c3cc(CO)on3)C2)cc1F. The summed E-state index contributed by atoms with van der Waals surface area (Å²) in [6, 6.07) is 6.98. The van der Waals surface area contributed by atoms with Gasteiger partial charge in [-0.15, -0.1) is 0 Å². The highest BCUT2D eigenvalue weighted by atomic mass is 19.1. The van der Waals surface area contributed by atoms with E-state index in [0.29, 0.717) is 17.6 Å². The zero-order valence-corrected chi connectivity index (χ0v) is 14.0. The van der Waals surface area contributed by atoms with E-state index < -0.39 is 0 Å². The lowest BCUT2D eigenvalue weighted by molar-refractivity contribution is 0.123. The molecule has 0 spiro atoms. The van der Waals surface area contributed by atoms with Gasteiger partial charge < -0.3 is 19.3 Å². The van der Waals surface area contributed by atoms with Crippen LogP contribution < -0.4 is 4.74 Å². The van der Waals surface area contributed by atoms with Crippen molar-refractivity contribution in [3.05, 3.63) is 47.1 Å². The molecule has 1 unspecified atom stereocenters. The topological polar surface area (TPSA) is 58.7 Å². The summed E-state index contributed by atoms with van der Waals surface area (Å²) in [5.74, 6) is 1.30. The minimum Gasteiger partial charge on any atom is -0.494 e. The second-order valence-electron chi connectivity index (χ2n) is 6.57. The summed E-state index contributed by atoms with van der Waals surface area (Å²) in [6.07, 6.45) is 0.834. The molecule has 1 atom stereocenters. The standard InChI is InChI=1S/C18H23FN2O3/c1-12(5-13-3-4-18(23-2)16(19)6-13)8-21-9-14(10-21)17-7-15(11-22)24-20-17/h3-4,6-7,12,14,22H,5,8-11H2,1-2H3. The molecule has 1 aliphatic rings. The average Bonchev–Trinajstić information content (AvgIpc) is 2.99. The molecule has 0 bridgehead atoms. The van der Waals surface area contributed by atoms with Gasteiger partial charge >= 0.3 is 0 Å². The Kier molecular flexibility index (Phi) is 5.16. The van der Waals surface area contributed by atoms with Crippen molar-refractivity contribution in [2.45, 2.75) is 25.9 Å². The number of likely N-dealkylation sites (tertiary alicyclic amines) is 1. The molecule has 6 heteroatoms. The Morgan fingerprint density at radius 1 is 1.42 bits per heavy atom. The van der Waals surface area contributed by atoms with E-state index in [0.717, 1.165) is 37.3 Å². The van der Waals surface area contributed by atoms with Crippen molar-refractivity contribution in [1.82, 2.24) is 10.1 Å². The Labute approximate surface area is 141 Å². The molecule has 130 valence electrons. The minimum atomic E-state index is -0.308. The molecular formula is C18H23FN2O3. The summed E-state index contributed by atoms with van der Waals surface area (Å²) in [7, 11) is 1.47. The first-order chi connectivity index (χ1) is 11.6. The van der Waals surface area contributed by atoms with Gasteiger partial charge in [-0.25, -0.2) is 4.39 Å². The molecule has 2 heterocycles. The summed E-state index contributed by atoms with van der Waals surface area (Å²) in [5, 5.41) is 13.0. The van der Waals surface area contributed by atoms with Crippen LogP contribution in [-0.4, -0.2) is 41.9 Å². The minimum absolute atomic E-state index is 0.112. The first-order valence-electron chi connectivity index (χ1n) is 8.20. The van der Waals surface area contributed by atoms with Crippen LogP contribution in [-0.2, 0) is 13.0 Å². The highest BCUT2D eigenvalue weighted by Gasteiger charge is 2.31. The molecule has 1 fully saturated rings. The second kappa shape index (κ2) is 7.32. The fourth-order valence-corrected chi connectivity index (χ4v) is 3.25. The quantitative estimate of drug-likeness (QED) is 0.843. The molecule has 1 N–H and O–H groups in total. The van der Waals surface area contributed by atoms with Gasteiger partial charge in [0.1, 0.15) is 6.61 Å². The molecule has 1 aromatic carbocycles. The van der Waals surface area contributed by atoms with Crippen molar-refractivity contribution in [2.24, 2.45) is 5.92 Å². The molecule has 3 rings (SSSR count).